The minimum atomic E-state index is -0.432. The fourth-order valence-corrected chi connectivity index (χ4v) is 2.25. The number of benzene rings is 1. The minimum absolute atomic E-state index is 0.279. The average molecular weight is 254 g/mol. The van der Waals surface area contributed by atoms with Crippen LogP contribution >= 0.6 is 11.3 Å². The molecule has 0 spiro atoms. The van der Waals surface area contributed by atoms with Gasteiger partial charge in [-0.25, -0.2) is 8.78 Å². The van der Waals surface area contributed by atoms with E-state index in [1.807, 2.05) is 11.4 Å². The number of hydrogen-bond acceptors (Lipinski definition) is 3. The topological polar surface area (TPSA) is 38.0 Å². The van der Waals surface area contributed by atoms with Crippen molar-refractivity contribution < 1.29 is 8.78 Å². The van der Waals surface area contributed by atoms with Crippen molar-refractivity contribution in [3.8, 4) is 0 Å². The summed E-state index contributed by atoms with van der Waals surface area (Å²) in [6, 6.07) is 5.26. The first-order valence-corrected chi connectivity index (χ1v) is 6.01. The highest BCUT2D eigenvalue weighted by atomic mass is 32.1. The number of thiophene rings is 1. The zero-order chi connectivity index (χ0) is 12.3. The van der Waals surface area contributed by atoms with Crippen molar-refractivity contribution in [2.24, 2.45) is 0 Å². The van der Waals surface area contributed by atoms with Gasteiger partial charge in [0.05, 0.1) is 0 Å². The van der Waals surface area contributed by atoms with Gasteiger partial charge in [0.15, 0.2) is 0 Å². The van der Waals surface area contributed by atoms with E-state index in [0.29, 0.717) is 12.1 Å². The van der Waals surface area contributed by atoms with Crippen LogP contribution in [0.1, 0.15) is 10.4 Å². The smallest absolute Gasteiger partial charge is 0.127 e. The van der Waals surface area contributed by atoms with Gasteiger partial charge in [0.1, 0.15) is 11.6 Å². The number of rotatable bonds is 4. The molecule has 0 unspecified atom stereocenters. The third-order valence-electron chi connectivity index (χ3n) is 2.39. The lowest BCUT2D eigenvalue weighted by Gasteiger charge is -2.05. The lowest BCUT2D eigenvalue weighted by molar-refractivity contribution is 0.569. The number of halogens is 2. The molecule has 2 aromatic rings. The zero-order valence-electron chi connectivity index (χ0n) is 9.04. The van der Waals surface area contributed by atoms with E-state index >= 15 is 0 Å². The number of anilines is 1. The van der Waals surface area contributed by atoms with E-state index in [9.17, 15) is 8.78 Å². The number of nitrogen functional groups attached to an aromatic ring is 1. The first kappa shape index (κ1) is 12.0. The van der Waals surface area contributed by atoms with E-state index in [4.69, 9.17) is 5.73 Å². The van der Waals surface area contributed by atoms with E-state index < -0.39 is 11.6 Å². The standard InChI is InChI=1S/C12H12F2N2S/c13-9-1-2-10(14)8(5-9)6-16-7-12-11(15)3-4-17-12/h1-5,16H,6-7,15H2. The van der Waals surface area contributed by atoms with Crippen LogP contribution in [0.5, 0.6) is 0 Å². The van der Waals surface area contributed by atoms with Gasteiger partial charge in [0.2, 0.25) is 0 Å². The van der Waals surface area contributed by atoms with Gasteiger partial charge in [-0.3, -0.25) is 0 Å². The highest BCUT2D eigenvalue weighted by Gasteiger charge is 2.04. The zero-order valence-corrected chi connectivity index (χ0v) is 9.86. The van der Waals surface area contributed by atoms with Crippen LogP contribution in [0, 0.1) is 11.6 Å². The Bertz CT molecular complexity index is 511. The van der Waals surface area contributed by atoms with E-state index in [0.717, 1.165) is 22.7 Å². The number of hydrogen-bond donors (Lipinski definition) is 2. The molecule has 2 rings (SSSR count). The normalized spacial score (nSPS) is 10.7. The van der Waals surface area contributed by atoms with Crippen LogP contribution in [0.15, 0.2) is 29.6 Å². The molecule has 0 radical (unpaired) electrons. The summed E-state index contributed by atoms with van der Waals surface area (Å²) >= 11 is 1.54. The Labute approximate surface area is 102 Å². The summed E-state index contributed by atoms with van der Waals surface area (Å²) in [6.45, 7) is 0.834. The molecule has 0 aliphatic carbocycles. The van der Waals surface area contributed by atoms with Gasteiger partial charge in [0, 0.05) is 29.2 Å². The Morgan fingerprint density at radius 2 is 2.00 bits per heavy atom. The van der Waals surface area contributed by atoms with Crippen molar-refractivity contribution in [3.05, 3.63) is 51.7 Å². The second kappa shape index (κ2) is 5.25. The Morgan fingerprint density at radius 3 is 2.71 bits per heavy atom. The van der Waals surface area contributed by atoms with Crippen LogP contribution in [0.3, 0.4) is 0 Å². The molecular weight excluding hydrogens is 242 g/mol. The van der Waals surface area contributed by atoms with E-state index in [-0.39, 0.29) is 6.54 Å². The largest absolute Gasteiger partial charge is 0.398 e. The molecular formula is C12H12F2N2S. The van der Waals surface area contributed by atoms with Crippen molar-refractivity contribution in [1.29, 1.82) is 0 Å². The fourth-order valence-electron chi connectivity index (χ4n) is 1.48. The summed E-state index contributed by atoms with van der Waals surface area (Å²) in [5, 5.41) is 4.93. The first-order valence-electron chi connectivity index (χ1n) is 5.13. The highest BCUT2D eigenvalue weighted by molar-refractivity contribution is 7.10. The lowest BCUT2D eigenvalue weighted by Crippen LogP contribution is -2.13. The molecule has 0 atom stereocenters. The predicted octanol–water partition coefficient (Wildman–Crippen LogP) is 2.90. The van der Waals surface area contributed by atoms with Crippen LogP contribution in [0.25, 0.3) is 0 Å². The Hall–Kier alpha value is -1.46. The summed E-state index contributed by atoms with van der Waals surface area (Å²) in [5.41, 5.74) is 6.75. The van der Waals surface area contributed by atoms with Gasteiger partial charge in [-0.05, 0) is 29.6 Å². The molecule has 1 heterocycles. The van der Waals surface area contributed by atoms with Gasteiger partial charge in [-0.1, -0.05) is 0 Å². The molecule has 2 nitrogen and oxygen atoms in total. The van der Waals surface area contributed by atoms with Crippen LogP contribution in [0.2, 0.25) is 0 Å². The fraction of sp³-hybridized carbons (Fsp3) is 0.167. The van der Waals surface area contributed by atoms with Crippen LogP contribution in [-0.2, 0) is 13.1 Å². The van der Waals surface area contributed by atoms with Crippen LogP contribution in [0.4, 0.5) is 14.5 Å². The predicted molar refractivity (Wildman–Crippen MR) is 65.6 cm³/mol. The van der Waals surface area contributed by atoms with Gasteiger partial charge >= 0.3 is 0 Å². The molecule has 0 aliphatic heterocycles. The monoisotopic (exact) mass is 254 g/mol. The molecule has 5 heteroatoms. The van der Waals surface area contributed by atoms with Crippen molar-refractivity contribution in [1.82, 2.24) is 5.32 Å². The molecule has 90 valence electrons. The van der Waals surface area contributed by atoms with Gasteiger partial charge < -0.3 is 11.1 Å². The second-order valence-electron chi connectivity index (χ2n) is 3.64. The highest BCUT2D eigenvalue weighted by Crippen LogP contribution is 2.18. The summed E-state index contributed by atoms with van der Waals surface area (Å²) in [7, 11) is 0. The van der Waals surface area contributed by atoms with Crippen molar-refractivity contribution in [2.45, 2.75) is 13.1 Å². The van der Waals surface area contributed by atoms with Crippen LogP contribution < -0.4 is 11.1 Å². The molecule has 17 heavy (non-hydrogen) atoms. The molecule has 0 saturated heterocycles. The number of nitrogens with two attached hydrogens (primary N) is 1. The first-order chi connectivity index (χ1) is 8.16. The maximum Gasteiger partial charge on any atom is 0.127 e. The van der Waals surface area contributed by atoms with Crippen molar-refractivity contribution in [3.63, 3.8) is 0 Å². The minimum Gasteiger partial charge on any atom is -0.398 e. The SMILES string of the molecule is Nc1ccsc1CNCc1cc(F)ccc1F. The summed E-state index contributed by atoms with van der Waals surface area (Å²) < 4.78 is 26.2. The van der Waals surface area contributed by atoms with Gasteiger partial charge in [-0.2, -0.15) is 0 Å². The molecule has 0 aliphatic rings. The molecule has 0 bridgehead atoms. The average Bonchev–Trinajstić information content (AvgIpc) is 2.70. The molecule has 1 aromatic carbocycles. The summed E-state index contributed by atoms with van der Waals surface area (Å²) in [6.07, 6.45) is 0. The molecule has 1 aromatic heterocycles. The van der Waals surface area contributed by atoms with Crippen LogP contribution in [-0.4, -0.2) is 0 Å². The third-order valence-corrected chi connectivity index (χ3v) is 3.33. The van der Waals surface area contributed by atoms with Crippen molar-refractivity contribution in [2.75, 3.05) is 5.73 Å². The summed E-state index contributed by atoms with van der Waals surface area (Å²) in [4.78, 5) is 1.00. The Kier molecular flexibility index (Phi) is 3.71. The number of nitrogens with one attached hydrogen (secondary N) is 1. The molecule has 0 saturated carbocycles. The summed E-state index contributed by atoms with van der Waals surface area (Å²) in [5.74, 6) is -0.836. The maximum atomic E-state index is 13.3. The quantitative estimate of drug-likeness (QED) is 0.880. The molecule has 0 fully saturated rings. The molecule has 3 N–H and O–H groups in total. The Morgan fingerprint density at radius 1 is 1.18 bits per heavy atom. The van der Waals surface area contributed by atoms with Gasteiger partial charge in [-0.15, -0.1) is 11.3 Å². The third kappa shape index (κ3) is 3.01. The second-order valence-corrected chi connectivity index (χ2v) is 4.64. The van der Waals surface area contributed by atoms with E-state index in [2.05, 4.69) is 5.32 Å². The molecule has 0 amide bonds. The maximum absolute atomic E-state index is 13.3. The van der Waals surface area contributed by atoms with Gasteiger partial charge in [0.25, 0.3) is 0 Å². The van der Waals surface area contributed by atoms with E-state index in [1.54, 1.807) is 0 Å². The van der Waals surface area contributed by atoms with Crippen molar-refractivity contribution >= 4 is 17.0 Å². The Balaban J connectivity index is 1.94. The lowest BCUT2D eigenvalue weighted by atomic mass is 10.2. The van der Waals surface area contributed by atoms with E-state index in [1.165, 1.54) is 17.4 Å².